The molecule has 1 rings (SSSR count). The molecule has 1 aliphatic heterocycles. The summed E-state index contributed by atoms with van der Waals surface area (Å²) in [6.45, 7) is 4.02. The minimum absolute atomic E-state index is 0.0809. The Morgan fingerprint density at radius 2 is 1.94 bits per heavy atom. The van der Waals surface area contributed by atoms with E-state index in [-0.39, 0.29) is 25.4 Å². The highest BCUT2D eigenvalue weighted by atomic mass is 16.4. The van der Waals surface area contributed by atoms with Gasteiger partial charge in [-0.15, -0.1) is 0 Å². The minimum Gasteiger partial charge on any atom is -0.480 e. The molecule has 1 amide bonds. The van der Waals surface area contributed by atoms with Gasteiger partial charge in [-0.05, 0) is 12.8 Å². The Morgan fingerprint density at radius 3 is 2.33 bits per heavy atom. The van der Waals surface area contributed by atoms with Gasteiger partial charge in [0, 0.05) is 19.5 Å². The zero-order valence-corrected chi connectivity index (χ0v) is 10.9. The van der Waals surface area contributed by atoms with Crippen LogP contribution in [0.25, 0.3) is 0 Å². The lowest BCUT2D eigenvalue weighted by Crippen LogP contribution is -2.51. The number of carbonyl (C=O) groups is 2. The summed E-state index contributed by atoms with van der Waals surface area (Å²) in [5, 5.41) is 18.7. The molecule has 1 aliphatic rings. The quantitative estimate of drug-likeness (QED) is 0.633. The Balaban J connectivity index is 2.97. The fourth-order valence-electron chi connectivity index (χ4n) is 2.51. The predicted molar refractivity (Wildman–Crippen MR) is 65.8 cm³/mol. The highest BCUT2D eigenvalue weighted by Gasteiger charge is 2.45. The van der Waals surface area contributed by atoms with Crippen molar-refractivity contribution in [3.05, 3.63) is 0 Å². The van der Waals surface area contributed by atoms with Gasteiger partial charge in [0.15, 0.2) is 0 Å². The number of aliphatic hydroxyl groups excluding tert-OH is 1. The number of hydrogen-bond donors (Lipinski definition) is 3. The van der Waals surface area contributed by atoms with Crippen LogP contribution in [-0.4, -0.2) is 52.2 Å². The van der Waals surface area contributed by atoms with E-state index in [1.165, 1.54) is 4.90 Å². The van der Waals surface area contributed by atoms with E-state index in [4.69, 9.17) is 10.8 Å². The summed E-state index contributed by atoms with van der Waals surface area (Å²) in [6.07, 6.45) is 0.462. The van der Waals surface area contributed by atoms with Crippen molar-refractivity contribution in [2.24, 2.45) is 11.1 Å². The number of aliphatic carboxylic acids is 1. The van der Waals surface area contributed by atoms with Crippen LogP contribution in [0.4, 0.5) is 0 Å². The molecule has 104 valence electrons. The van der Waals surface area contributed by atoms with Gasteiger partial charge in [0.05, 0.1) is 11.5 Å². The lowest BCUT2D eigenvalue weighted by atomic mass is 9.80. The molecule has 6 nitrogen and oxygen atoms in total. The molecule has 0 aromatic rings. The van der Waals surface area contributed by atoms with Gasteiger partial charge in [0.2, 0.25) is 5.91 Å². The molecule has 1 heterocycles. The summed E-state index contributed by atoms with van der Waals surface area (Å²) >= 11 is 0. The van der Waals surface area contributed by atoms with Crippen molar-refractivity contribution in [3.8, 4) is 0 Å². The summed E-state index contributed by atoms with van der Waals surface area (Å²) in [5.41, 5.74) is 4.99. The van der Waals surface area contributed by atoms with Gasteiger partial charge in [0.1, 0.15) is 6.04 Å². The zero-order chi connectivity index (χ0) is 13.9. The third-order valence-corrected chi connectivity index (χ3v) is 4.02. The Labute approximate surface area is 107 Å². The topological polar surface area (TPSA) is 104 Å². The van der Waals surface area contributed by atoms with E-state index in [1.807, 2.05) is 13.8 Å². The number of carboxylic acids is 1. The first kappa shape index (κ1) is 14.9. The lowest BCUT2D eigenvalue weighted by molar-refractivity contribution is -0.153. The van der Waals surface area contributed by atoms with Crippen LogP contribution in [0.15, 0.2) is 0 Å². The highest BCUT2D eigenvalue weighted by Crippen LogP contribution is 2.31. The Morgan fingerprint density at radius 1 is 1.39 bits per heavy atom. The van der Waals surface area contributed by atoms with E-state index in [2.05, 4.69) is 0 Å². The van der Waals surface area contributed by atoms with Crippen molar-refractivity contribution < 1.29 is 19.8 Å². The van der Waals surface area contributed by atoms with E-state index < -0.39 is 23.5 Å². The number of rotatable bonds is 5. The predicted octanol–water partition coefficient (Wildman–Crippen LogP) is -0.202. The monoisotopic (exact) mass is 258 g/mol. The first-order valence-corrected chi connectivity index (χ1v) is 6.33. The van der Waals surface area contributed by atoms with E-state index in [0.717, 1.165) is 0 Å². The molecule has 2 unspecified atom stereocenters. The largest absolute Gasteiger partial charge is 0.480 e. The maximum absolute atomic E-state index is 12.5. The van der Waals surface area contributed by atoms with Crippen LogP contribution >= 0.6 is 0 Å². The van der Waals surface area contributed by atoms with Crippen molar-refractivity contribution >= 4 is 11.9 Å². The number of hydrogen-bond acceptors (Lipinski definition) is 4. The first-order valence-electron chi connectivity index (χ1n) is 6.33. The van der Waals surface area contributed by atoms with Crippen molar-refractivity contribution in [2.75, 3.05) is 13.1 Å². The number of nitrogens with zero attached hydrogens (tertiary/aromatic N) is 1. The SMILES string of the molecule is CCC(CC)(CN)C(=O)N1CC(O)CC1C(=O)O. The van der Waals surface area contributed by atoms with Gasteiger partial charge in [0.25, 0.3) is 0 Å². The number of β-amino-alcohol motifs (C(OH)–C–C–N with tert-alkyl or cyclic N) is 1. The lowest BCUT2D eigenvalue weighted by Gasteiger charge is -2.34. The Bertz CT molecular complexity index is 320. The van der Waals surface area contributed by atoms with Crippen molar-refractivity contribution in [1.29, 1.82) is 0 Å². The molecule has 0 radical (unpaired) electrons. The molecule has 6 heteroatoms. The Kier molecular flexibility index (Phi) is 4.70. The van der Waals surface area contributed by atoms with Gasteiger partial charge in [-0.3, -0.25) is 4.79 Å². The zero-order valence-electron chi connectivity index (χ0n) is 10.9. The summed E-state index contributed by atoms with van der Waals surface area (Å²) in [7, 11) is 0. The van der Waals surface area contributed by atoms with Crippen LogP contribution in [0.5, 0.6) is 0 Å². The van der Waals surface area contributed by atoms with Crippen molar-refractivity contribution in [1.82, 2.24) is 4.90 Å². The number of aliphatic hydroxyl groups is 1. The van der Waals surface area contributed by atoms with Crippen LogP contribution in [0.3, 0.4) is 0 Å². The number of likely N-dealkylation sites (tertiary alicyclic amines) is 1. The molecule has 4 N–H and O–H groups in total. The molecule has 0 aliphatic carbocycles. The highest BCUT2D eigenvalue weighted by molar-refractivity contribution is 5.88. The molecule has 0 saturated carbocycles. The fourth-order valence-corrected chi connectivity index (χ4v) is 2.51. The number of nitrogens with two attached hydrogens (primary N) is 1. The second kappa shape index (κ2) is 5.67. The second-order valence-electron chi connectivity index (χ2n) is 4.89. The maximum atomic E-state index is 12.5. The fraction of sp³-hybridized carbons (Fsp3) is 0.833. The average molecular weight is 258 g/mol. The van der Waals surface area contributed by atoms with E-state index in [9.17, 15) is 14.7 Å². The molecule has 0 aromatic heterocycles. The van der Waals surface area contributed by atoms with Gasteiger partial charge < -0.3 is 20.8 Å². The van der Waals surface area contributed by atoms with Gasteiger partial charge in [-0.2, -0.15) is 0 Å². The smallest absolute Gasteiger partial charge is 0.326 e. The molecule has 0 spiro atoms. The van der Waals surface area contributed by atoms with Crippen molar-refractivity contribution in [2.45, 2.75) is 45.3 Å². The molecule has 18 heavy (non-hydrogen) atoms. The first-order chi connectivity index (χ1) is 8.41. The molecular formula is C12H22N2O4. The second-order valence-corrected chi connectivity index (χ2v) is 4.89. The number of carboxylic acid groups (broad SMARTS) is 1. The van der Waals surface area contributed by atoms with E-state index >= 15 is 0 Å². The molecule has 1 fully saturated rings. The summed E-state index contributed by atoms with van der Waals surface area (Å²) in [6, 6.07) is -0.934. The standard InChI is InChI=1S/C12H22N2O4/c1-3-12(4-2,7-13)11(18)14-6-8(15)5-9(14)10(16)17/h8-9,15H,3-7,13H2,1-2H3,(H,16,17). The maximum Gasteiger partial charge on any atom is 0.326 e. The molecule has 0 aromatic carbocycles. The minimum atomic E-state index is -1.07. The number of amides is 1. The third kappa shape index (κ3) is 2.49. The molecule has 1 saturated heterocycles. The van der Waals surface area contributed by atoms with Crippen LogP contribution in [-0.2, 0) is 9.59 Å². The third-order valence-electron chi connectivity index (χ3n) is 4.02. The molecule has 0 bridgehead atoms. The van der Waals surface area contributed by atoms with Crippen LogP contribution in [0.1, 0.15) is 33.1 Å². The summed E-state index contributed by atoms with van der Waals surface area (Å²) in [5.74, 6) is -1.32. The van der Waals surface area contributed by atoms with E-state index in [1.54, 1.807) is 0 Å². The average Bonchev–Trinajstić information content (AvgIpc) is 2.74. The van der Waals surface area contributed by atoms with Crippen LogP contribution in [0.2, 0.25) is 0 Å². The summed E-state index contributed by atoms with van der Waals surface area (Å²) in [4.78, 5) is 24.9. The normalized spacial score (nSPS) is 24.3. The Hall–Kier alpha value is -1.14. The molecule has 2 atom stereocenters. The number of carbonyl (C=O) groups excluding carboxylic acids is 1. The van der Waals surface area contributed by atoms with Crippen LogP contribution in [0, 0.1) is 5.41 Å². The van der Waals surface area contributed by atoms with Gasteiger partial charge >= 0.3 is 5.97 Å². The molecular weight excluding hydrogens is 236 g/mol. The van der Waals surface area contributed by atoms with Crippen LogP contribution < -0.4 is 5.73 Å². The van der Waals surface area contributed by atoms with Gasteiger partial charge in [-0.1, -0.05) is 13.8 Å². The van der Waals surface area contributed by atoms with E-state index in [0.29, 0.717) is 12.8 Å². The van der Waals surface area contributed by atoms with Crippen molar-refractivity contribution in [3.63, 3.8) is 0 Å². The van der Waals surface area contributed by atoms with Gasteiger partial charge in [-0.25, -0.2) is 4.79 Å². The summed E-state index contributed by atoms with van der Waals surface area (Å²) < 4.78 is 0.